The average molecular weight is 281 g/mol. The Morgan fingerprint density at radius 3 is 2.61 bits per heavy atom. The predicted molar refractivity (Wildman–Crippen MR) is 57.6 cm³/mol. The van der Waals surface area contributed by atoms with Crippen LogP contribution in [0.25, 0.3) is 0 Å². The van der Waals surface area contributed by atoms with E-state index in [0.717, 1.165) is 4.90 Å². The van der Waals surface area contributed by atoms with Crippen LogP contribution >= 0.6 is 11.6 Å². The molecule has 18 heavy (non-hydrogen) atoms. The largest absolute Gasteiger partial charge is 0.394 e. The van der Waals surface area contributed by atoms with Crippen molar-refractivity contribution < 1.29 is 29.6 Å². The second-order valence-corrected chi connectivity index (χ2v) is 4.67. The van der Waals surface area contributed by atoms with Gasteiger partial charge in [-0.1, -0.05) is 0 Å². The Morgan fingerprint density at radius 1 is 1.39 bits per heavy atom. The third kappa shape index (κ3) is 2.17. The first-order valence-corrected chi connectivity index (χ1v) is 5.77. The van der Waals surface area contributed by atoms with E-state index in [1.54, 1.807) is 0 Å². The van der Waals surface area contributed by atoms with Crippen LogP contribution in [0.4, 0.5) is 4.79 Å². The third-order valence-electron chi connectivity index (χ3n) is 2.96. The van der Waals surface area contributed by atoms with E-state index in [0.29, 0.717) is 0 Å². The molecule has 4 N–H and O–H groups in total. The van der Waals surface area contributed by atoms with Crippen LogP contribution in [0.5, 0.6) is 0 Å². The van der Waals surface area contributed by atoms with Crippen molar-refractivity contribution in [1.82, 2.24) is 10.2 Å². The number of alkyl halides is 1. The molecule has 2 fully saturated rings. The quantitative estimate of drug-likeness (QED) is 0.418. The summed E-state index contributed by atoms with van der Waals surface area (Å²) in [5, 5.41) is 29.3. The van der Waals surface area contributed by atoms with Crippen molar-refractivity contribution in [2.24, 2.45) is 0 Å². The van der Waals surface area contributed by atoms with E-state index < -0.39 is 48.5 Å². The van der Waals surface area contributed by atoms with Gasteiger partial charge < -0.3 is 20.1 Å². The normalized spacial score (nSPS) is 41.1. The van der Waals surface area contributed by atoms with Crippen molar-refractivity contribution in [3.63, 3.8) is 0 Å². The number of carbonyl (C=O) groups excluding carboxylic acids is 2. The van der Waals surface area contributed by atoms with E-state index in [4.69, 9.17) is 21.4 Å². The van der Waals surface area contributed by atoms with Gasteiger partial charge in [0.25, 0.3) is 0 Å². The van der Waals surface area contributed by atoms with E-state index in [1.807, 2.05) is 5.32 Å². The van der Waals surface area contributed by atoms with Gasteiger partial charge in [0.15, 0.2) is 6.23 Å². The summed E-state index contributed by atoms with van der Waals surface area (Å²) in [7, 11) is 0. The van der Waals surface area contributed by atoms with Gasteiger partial charge in [0.05, 0.1) is 13.2 Å². The highest BCUT2D eigenvalue weighted by Crippen LogP contribution is 2.25. The lowest BCUT2D eigenvalue weighted by Gasteiger charge is -2.34. The van der Waals surface area contributed by atoms with Crippen molar-refractivity contribution in [1.29, 1.82) is 0 Å². The Labute approximate surface area is 107 Å². The lowest BCUT2D eigenvalue weighted by atomic mass is 10.1. The Kier molecular flexibility index (Phi) is 3.74. The number of imide groups is 1. The number of halogens is 1. The molecule has 9 heteroatoms. The van der Waals surface area contributed by atoms with Gasteiger partial charge in [-0.25, -0.2) is 4.79 Å². The first-order valence-electron chi connectivity index (χ1n) is 5.33. The molecule has 2 heterocycles. The Hall–Kier alpha value is -0.930. The van der Waals surface area contributed by atoms with Gasteiger partial charge in [-0.05, 0) is 0 Å². The number of carbonyl (C=O) groups is 2. The van der Waals surface area contributed by atoms with Gasteiger partial charge in [0.2, 0.25) is 5.91 Å². The molecule has 3 amide bonds. The highest BCUT2D eigenvalue weighted by atomic mass is 35.5. The van der Waals surface area contributed by atoms with E-state index in [9.17, 15) is 19.8 Å². The van der Waals surface area contributed by atoms with Gasteiger partial charge in [0.1, 0.15) is 23.7 Å². The predicted octanol–water partition coefficient (Wildman–Crippen LogP) is -2.42. The molecular formula is C9H13ClN2O6. The maximum absolute atomic E-state index is 11.6. The summed E-state index contributed by atoms with van der Waals surface area (Å²) >= 11 is 5.70. The third-order valence-corrected chi connectivity index (χ3v) is 3.29. The van der Waals surface area contributed by atoms with Crippen LogP contribution in [0.2, 0.25) is 0 Å². The lowest BCUT2D eigenvalue weighted by Crippen LogP contribution is -2.60. The second-order valence-electron chi connectivity index (χ2n) is 4.14. The van der Waals surface area contributed by atoms with Crippen LogP contribution in [-0.2, 0) is 9.53 Å². The zero-order valence-electron chi connectivity index (χ0n) is 9.19. The van der Waals surface area contributed by atoms with Crippen LogP contribution in [0, 0.1) is 0 Å². The van der Waals surface area contributed by atoms with E-state index >= 15 is 0 Å². The molecule has 2 aliphatic heterocycles. The van der Waals surface area contributed by atoms with Gasteiger partial charge in [-0.3, -0.25) is 15.0 Å². The lowest BCUT2D eigenvalue weighted by molar-refractivity contribution is -0.125. The zero-order chi connectivity index (χ0) is 13.4. The summed E-state index contributed by atoms with van der Waals surface area (Å²) in [6.45, 7) is -0.633. The standard InChI is InChI=1S/C9H13ClN2O6/c10-3-1-12(9(17)11-7(3)16)8-6(15)5(14)4(2-13)18-8/h3-6,8,13-15H,1-2H2,(H,11,16,17). The minimum Gasteiger partial charge on any atom is -0.394 e. The van der Waals surface area contributed by atoms with Crippen molar-refractivity contribution in [2.45, 2.75) is 29.9 Å². The molecule has 8 nitrogen and oxygen atoms in total. The molecule has 5 atom stereocenters. The number of nitrogens with one attached hydrogen (secondary N) is 1. The van der Waals surface area contributed by atoms with Crippen LogP contribution < -0.4 is 5.32 Å². The van der Waals surface area contributed by atoms with Crippen LogP contribution in [0.1, 0.15) is 0 Å². The van der Waals surface area contributed by atoms with Crippen molar-refractivity contribution >= 4 is 23.5 Å². The monoisotopic (exact) mass is 280 g/mol. The fourth-order valence-electron chi connectivity index (χ4n) is 1.95. The van der Waals surface area contributed by atoms with Crippen molar-refractivity contribution in [3.8, 4) is 0 Å². The number of hydrogen-bond donors (Lipinski definition) is 4. The summed E-state index contributed by atoms with van der Waals surface area (Å²) in [6.07, 6.45) is -4.81. The fraction of sp³-hybridized carbons (Fsp3) is 0.778. The molecule has 0 aromatic carbocycles. The number of aliphatic hydroxyl groups is 3. The first-order chi connectivity index (χ1) is 8.45. The first kappa shape index (κ1) is 13.5. The Morgan fingerprint density at radius 2 is 2.06 bits per heavy atom. The molecule has 2 aliphatic rings. The molecule has 0 aromatic heterocycles. The van der Waals surface area contributed by atoms with Gasteiger partial charge in [-0.15, -0.1) is 11.6 Å². The number of aliphatic hydroxyl groups excluding tert-OH is 3. The molecular weight excluding hydrogens is 268 g/mol. The molecule has 0 saturated carbocycles. The number of hydrogen-bond acceptors (Lipinski definition) is 6. The SMILES string of the molecule is O=C1NC(=O)N(C2OC(CO)C(O)C2O)CC1Cl. The molecule has 0 aliphatic carbocycles. The maximum Gasteiger partial charge on any atom is 0.326 e. The minimum absolute atomic E-state index is 0.140. The summed E-state index contributed by atoms with van der Waals surface area (Å²) in [6, 6.07) is -0.758. The van der Waals surface area contributed by atoms with Crippen LogP contribution in [0.15, 0.2) is 0 Å². The van der Waals surface area contributed by atoms with Gasteiger partial charge in [0, 0.05) is 0 Å². The number of ether oxygens (including phenoxy) is 1. The second kappa shape index (κ2) is 4.98. The molecule has 5 unspecified atom stereocenters. The maximum atomic E-state index is 11.6. The highest BCUT2D eigenvalue weighted by molar-refractivity contribution is 6.32. The molecule has 0 spiro atoms. The fourth-order valence-corrected chi connectivity index (χ4v) is 2.15. The highest BCUT2D eigenvalue weighted by Gasteiger charge is 2.48. The smallest absolute Gasteiger partial charge is 0.326 e. The topological polar surface area (TPSA) is 119 Å². The molecule has 102 valence electrons. The van der Waals surface area contributed by atoms with Crippen LogP contribution in [-0.4, -0.2) is 75.2 Å². The number of amides is 3. The van der Waals surface area contributed by atoms with Crippen molar-refractivity contribution in [3.05, 3.63) is 0 Å². The molecule has 0 aromatic rings. The molecule has 2 saturated heterocycles. The zero-order valence-corrected chi connectivity index (χ0v) is 9.95. The molecule has 0 bridgehead atoms. The Bertz CT molecular complexity index is 367. The van der Waals surface area contributed by atoms with Crippen molar-refractivity contribution in [2.75, 3.05) is 13.2 Å². The Balaban J connectivity index is 2.12. The summed E-state index contributed by atoms with van der Waals surface area (Å²) in [4.78, 5) is 23.7. The summed E-state index contributed by atoms with van der Waals surface area (Å²) in [5.74, 6) is -0.621. The van der Waals surface area contributed by atoms with E-state index in [-0.39, 0.29) is 6.54 Å². The number of nitrogens with zero attached hydrogens (tertiary/aromatic N) is 1. The van der Waals surface area contributed by atoms with E-state index in [2.05, 4.69) is 0 Å². The van der Waals surface area contributed by atoms with Gasteiger partial charge in [-0.2, -0.15) is 0 Å². The number of rotatable bonds is 2. The molecule has 2 rings (SSSR count). The average Bonchev–Trinajstić information content (AvgIpc) is 2.61. The minimum atomic E-state index is -1.37. The number of urea groups is 1. The van der Waals surface area contributed by atoms with E-state index in [1.165, 1.54) is 0 Å². The summed E-state index contributed by atoms with van der Waals surface area (Å²) < 4.78 is 5.17. The van der Waals surface area contributed by atoms with Crippen LogP contribution in [0.3, 0.4) is 0 Å². The van der Waals surface area contributed by atoms with Gasteiger partial charge >= 0.3 is 6.03 Å². The molecule has 0 radical (unpaired) electrons. The summed E-state index contributed by atoms with van der Waals surface area (Å²) in [5.41, 5.74) is 0.